The minimum Gasteiger partial charge on any atom is -0.495 e. The maximum atomic E-state index is 12.5. The molecule has 132 valence electrons. The number of amides is 2. The second-order valence-electron chi connectivity index (χ2n) is 6.27. The van der Waals surface area contributed by atoms with Crippen molar-refractivity contribution >= 4 is 29.1 Å². The van der Waals surface area contributed by atoms with Gasteiger partial charge >= 0.3 is 0 Å². The molecule has 0 aliphatic carbocycles. The van der Waals surface area contributed by atoms with Gasteiger partial charge in [-0.2, -0.15) is 0 Å². The zero-order valence-electron chi connectivity index (χ0n) is 14.4. The summed E-state index contributed by atoms with van der Waals surface area (Å²) < 4.78 is 10.4. The van der Waals surface area contributed by atoms with Crippen LogP contribution in [0.4, 0.5) is 5.69 Å². The number of carbonyl (C=O) groups is 2. The number of rotatable bonds is 6. The summed E-state index contributed by atoms with van der Waals surface area (Å²) in [6.45, 7) is 5.20. The summed E-state index contributed by atoms with van der Waals surface area (Å²) in [5, 5.41) is 3.18. The van der Waals surface area contributed by atoms with E-state index in [4.69, 9.17) is 21.1 Å². The molecule has 6 nitrogen and oxygen atoms in total. The Hall–Kier alpha value is -1.95. The third kappa shape index (κ3) is 4.12. The number of anilines is 1. The van der Waals surface area contributed by atoms with Crippen LogP contribution in [0.25, 0.3) is 0 Å². The van der Waals surface area contributed by atoms with Crippen LogP contribution in [0.5, 0.6) is 11.5 Å². The fourth-order valence-electron chi connectivity index (χ4n) is 2.76. The molecule has 0 bridgehead atoms. The second kappa shape index (κ2) is 7.75. The van der Waals surface area contributed by atoms with E-state index < -0.39 is 0 Å². The van der Waals surface area contributed by atoms with Crippen LogP contribution in [-0.2, 0) is 9.59 Å². The Morgan fingerprint density at radius 2 is 2.00 bits per heavy atom. The zero-order valence-corrected chi connectivity index (χ0v) is 15.1. The first kappa shape index (κ1) is 18.4. The lowest BCUT2D eigenvalue weighted by atomic mass is 10.1. The van der Waals surface area contributed by atoms with E-state index >= 15 is 0 Å². The predicted octanol–water partition coefficient (Wildman–Crippen LogP) is 2.80. The lowest BCUT2D eigenvalue weighted by molar-refractivity contribution is -0.128. The molecule has 2 rings (SSSR count). The molecule has 1 fully saturated rings. The highest BCUT2D eigenvalue weighted by atomic mass is 35.5. The Balaban J connectivity index is 2.10. The number of hydrogen-bond acceptors (Lipinski definition) is 4. The maximum absolute atomic E-state index is 12.5. The van der Waals surface area contributed by atoms with Gasteiger partial charge in [-0.05, 0) is 12.0 Å². The molecule has 0 spiro atoms. The molecule has 1 aromatic rings. The SMILES string of the molecule is COc1cc(OC)c(NC(=O)[C@H]2CC(=O)N(CC(C)C)C2)cc1Cl. The molecule has 1 N–H and O–H groups in total. The van der Waals surface area contributed by atoms with Gasteiger partial charge < -0.3 is 19.7 Å². The lowest BCUT2D eigenvalue weighted by Crippen LogP contribution is -2.31. The summed E-state index contributed by atoms with van der Waals surface area (Å²) in [4.78, 5) is 26.3. The zero-order chi connectivity index (χ0) is 17.9. The number of nitrogens with one attached hydrogen (secondary N) is 1. The number of nitrogens with zero attached hydrogens (tertiary/aromatic N) is 1. The quantitative estimate of drug-likeness (QED) is 0.853. The Morgan fingerprint density at radius 3 is 2.58 bits per heavy atom. The predicted molar refractivity (Wildman–Crippen MR) is 92.7 cm³/mol. The smallest absolute Gasteiger partial charge is 0.229 e. The number of halogens is 1. The monoisotopic (exact) mass is 354 g/mol. The third-order valence-corrected chi connectivity index (χ3v) is 4.20. The van der Waals surface area contributed by atoms with Gasteiger partial charge in [-0.1, -0.05) is 25.4 Å². The van der Waals surface area contributed by atoms with E-state index in [2.05, 4.69) is 5.32 Å². The normalized spacial score (nSPS) is 17.3. The first-order valence-electron chi connectivity index (χ1n) is 7.85. The molecule has 24 heavy (non-hydrogen) atoms. The summed E-state index contributed by atoms with van der Waals surface area (Å²) in [5.41, 5.74) is 0.461. The van der Waals surface area contributed by atoms with Gasteiger partial charge in [0.1, 0.15) is 11.5 Å². The molecular formula is C17H23ClN2O4. The van der Waals surface area contributed by atoms with E-state index in [1.165, 1.54) is 14.2 Å². The van der Waals surface area contributed by atoms with Crippen molar-refractivity contribution < 1.29 is 19.1 Å². The Labute approximate surface area is 147 Å². The first-order chi connectivity index (χ1) is 11.3. The summed E-state index contributed by atoms with van der Waals surface area (Å²) in [7, 11) is 3.01. The second-order valence-corrected chi connectivity index (χ2v) is 6.68. The molecule has 1 aliphatic rings. The molecule has 1 atom stereocenters. The van der Waals surface area contributed by atoms with Crippen LogP contribution in [-0.4, -0.2) is 44.0 Å². The average molecular weight is 355 g/mol. The summed E-state index contributed by atoms with van der Waals surface area (Å²) in [6, 6.07) is 3.20. The number of hydrogen-bond donors (Lipinski definition) is 1. The van der Waals surface area contributed by atoms with Gasteiger partial charge in [-0.3, -0.25) is 9.59 Å². The molecule has 1 aliphatic heterocycles. The minimum atomic E-state index is -0.373. The van der Waals surface area contributed by atoms with Crippen molar-refractivity contribution in [3.63, 3.8) is 0 Å². The van der Waals surface area contributed by atoms with Crippen LogP contribution in [0.15, 0.2) is 12.1 Å². The van der Waals surface area contributed by atoms with Crippen molar-refractivity contribution in [3.8, 4) is 11.5 Å². The molecule has 1 aromatic carbocycles. The Bertz CT molecular complexity index is 633. The van der Waals surface area contributed by atoms with Crippen molar-refractivity contribution in [1.82, 2.24) is 4.90 Å². The number of likely N-dealkylation sites (tertiary alicyclic amines) is 1. The molecule has 2 amide bonds. The van der Waals surface area contributed by atoms with Crippen LogP contribution in [0.2, 0.25) is 5.02 Å². The maximum Gasteiger partial charge on any atom is 0.229 e. The lowest BCUT2D eigenvalue weighted by Gasteiger charge is -2.19. The van der Waals surface area contributed by atoms with Gasteiger partial charge in [0.25, 0.3) is 0 Å². The molecule has 0 aromatic heterocycles. The molecule has 1 heterocycles. The average Bonchev–Trinajstić information content (AvgIpc) is 2.88. The van der Waals surface area contributed by atoms with Gasteiger partial charge in [0, 0.05) is 25.6 Å². The molecular weight excluding hydrogens is 332 g/mol. The topological polar surface area (TPSA) is 67.9 Å². The van der Waals surface area contributed by atoms with Crippen molar-refractivity contribution in [2.45, 2.75) is 20.3 Å². The van der Waals surface area contributed by atoms with Crippen molar-refractivity contribution in [1.29, 1.82) is 0 Å². The van der Waals surface area contributed by atoms with Crippen molar-refractivity contribution in [3.05, 3.63) is 17.2 Å². The van der Waals surface area contributed by atoms with Crippen LogP contribution >= 0.6 is 11.6 Å². The van der Waals surface area contributed by atoms with Gasteiger partial charge in [0.2, 0.25) is 11.8 Å². The molecule has 0 saturated carbocycles. The minimum absolute atomic E-state index is 0.0172. The number of carbonyl (C=O) groups excluding carboxylic acids is 2. The Kier molecular flexibility index (Phi) is 5.94. The highest BCUT2D eigenvalue weighted by molar-refractivity contribution is 6.32. The Morgan fingerprint density at radius 1 is 1.33 bits per heavy atom. The van der Waals surface area contributed by atoms with E-state index in [0.29, 0.717) is 41.2 Å². The van der Waals surface area contributed by atoms with Crippen LogP contribution in [0, 0.1) is 11.8 Å². The summed E-state index contributed by atoms with van der Waals surface area (Å²) in [6.07, 6.45) is 0.227. The summed E-state index contributed by atoms with van der Waals surface area (Å²) >= 11 is 6.11. The van der Waals surface area contributed by atoms with Crippen LogP contribution < -0.4 is 14.8 Å². The van der Waals surface area contributed by atoms with Crippen LogP contribution in [0.1, 0.15) is 20.3 Å². The molecule has 0 radical (unpaired) electrons. The first-order valence-corrected chi connectivity index (χ1v) is 8.23. The summed E-state index contributed by atoms with van der Waals surface area (Å²) in [5.74, 6) is 0.717. The van der Waals surface area contributed by atoms with Gasteiger partial charge in [0.05, 0.1) is 30.8 Å². The van der Waals surface area contributed by atoms with Crippen molar-refractivity contribution in [2.24, 2.45) is 11.8 Å². The highest BCUT2D eigenvalue weighted by Crippen LogP contribution is 2.36. The van der Waals surface area contributed by atoms with Gasteiger partial charge in [-0.25, -0.2) is 0 Å². The largest absolute Gasteiger partial charge is 0.495 e. The van der Waals surface area contributed by atoms with Crippen LogP contribution in [0.3, 0.4) is 0 Å². The van der Waals surface area contributed by atoms with Crippen molar-refractivity contribution in [2.75, 3.05) is 32.6 Å². The van der Waals surface area contributed by atoms with E-state index in [9.17, 15) is 9.59 Å². The van der Waals surface area contributed by atoms with Gasteiger partial charge in [0.15, 0.2) is 0 Å². The van der Waals surface area contributed by atoms with E-state index in [-0.39, 0.29) is 24.2 Å². The number of methoxy groups -OCH3 is 2. The van der Waals surface area contributed by atoms with E-state index in [0.717, 1.165) is 0 Å². The number of benzene rings is 1. The highest BCUT2D eigenvalue weighted by Gasteiger charge is 2.34. The fourth-order valence-corrected chi connectivity index (χ4v) is 3.00. The van der Waals surface area contributed by atoms with E-state index in [1.807, 2.05) is 13.8 Å². The standard InChI is InChI=1S/C17H23ClN2O4/c1-10(2)8-20-9-11(5-16(20)21)17(22)19-13-6-12(18)14(23-3)7-15(13)24-4/h6-7,10-11H,5,8-9H2,1-4H3,(H,19,22)/t11-/m0/s1. The number of ether oxygens (including phenoxy) is 2. The van der Waals surface area contributed by atoms with Gasteiger partial charge in [-0.15, -0.1) is 0 Å². The third-order valence-electron chi connectivity index (χ3n) is 3.90. The molecule has 0 unspecified atom stereocenters. The van der Waals surface area contributed by atoms with E-state index in [1.54, 1.807) is 17.0 Å². The molecule has 1 saturated heterocycles. The fraction of sp³-hybridized carbons (Fsp3) is 0.529. The molecule has 7 heteroatoms.